The van der Waals surface area contributed by atoms with Crippen molar-refractivity contribution < 1.29 is 17.9 Å². The lowest BCUT2D eigenvalue weighted by molar-refractivity contribution is -0.121. The van der Waals surface area contributed by atoms with Gasteiger partial charge >= 0.3 is 0 Å². The molecule has 152 valence electrons. The molecule has 28 heavy (non-hydrogen) atoms. The average Bonchev–Trinajstić information content (AvgIpc) is 2.64. The Morgan fingerprint density at radius 2 is 1.89 bits per heavy atom. The molecule has 0 aliphatic heterocycles. The Labute approximate surface area is 167 Å². The fourth-order valence-corrected chi connectivity index (χ4v) is 4.17. The smallest absolute Gasteiger partial charge is 0.240 e. The van der Waals surface area contributed by atoms with Gasteiger partial charge < -0.3 is 10.1 Å². The van der Waals surface area contributed by atoms with Gasteiger partial charge in [-0.25, -0.2) is 13.1 Å². The molecule has 0 heterocycles. The summed E-state index contributed by atoms with van der Waals surface area (Å²) in [7, 11) is -3.65. The minimum absolute atomic E-state index is 0.0350. The SMILES string of the molecule is CCOc1cccc(C(C)NC(=O)CCNS(=O)(=O)c2cc(C)ccc2C)c1. The molecule has 7 heteroatoms. The minimum Gasteiger partial charge on any atom is -0.494 e. The average molecular weight is 405 g/mol. The zero-order valence-corrected chi connectivity index (χ0v) is 17.6. The van der Waals surface area contributed by atoms with Crippen LogP contribution in [0.3, 0.4) is 0 Å². The number of benzene rings is 2. The lowest BCUT2D eigenvalue weighted by Crippen LogP contribution is -2.32. The summed E-state index contributed by atoms with van der Waals surface area (Å²) in [6, 6.07) is 12.6. The molecule has 0 fully saturated rings. The largest absolute Gasteiger partial charge is 0.494 e. The van der Waals surface area contributed by atoms with Gasteiger partial charge in [0, 0.05) is 13.0 Å². The zero-order chi connectivity index (χ0) is 20.7. The van der Waals surface area contributed by atoms with Crippen LogP contribution in [-0.2, 0) is 14.8 Å². The van der Waals surface area contributed by atoms with Crippen LogP contribution in [0, 0.1) is 13.8 Å². The highest BCUT2D eigenvalue weighted by atomic mass is 32.2. The first kappa shape index (κ1) is 21.9. The summed E-state index contributed by atoms with van der Waals surface area (Å²) in [6.07, 6.45) is 0.0551. The molecule has 0 spiro atoms. The highest BCUT2D eigenvalue weighted by molar-refractivity contribution is 7.89. The van der Waals surface area contributed by atoms with E-state index in [4.69, 9.17) is 4.74 Å². The molecule has 0 aliphatic carbocycles. The molecule has 1 amide bonds. The van der Waals surface area contributed by atoms with Crippen molar-refractivity contribution >= 4 is 15.9 Å². The maximum absolute atomic E-state index is 12.5. The van der Waals surface area contributed by atoms with Crippen molar-refractivity contribution in [3.8, 4) is 5.75 Å². The molecule has 0 aromatic heterocycles. The summed E-state index contributed by atoms with van der Waals surface area (Å²) < 4.78 is 32.9. The van der Waals surface area contributed by atoms with Gasteiger partial charge in [0.15, 0.2) is 0 Å². The monoisotopic (exact) mass is 404 g/mol. The first-order chi connectivity index (χ1) is 13.2. The normalized spacial score (nSPS) is 12.4. The van der Waals surface area contributed by atoms with E-state index in [1.807, 2.05) is 51.1 Å². The molecule has 0 saturated heterocycles. The molecule has 0 bridgehead atoms. The first-order valence-corrected chi connectivity index (χ1v) is 10.8. The van der Waals surface area contributed by atoms with E-state index in [1.54, 1.807) is 19.1 Å². The van der Waals surface area contributed by atoms with E-state index >= 15 is 0 Å². The Morgan fingerprint density at radius 3 is 2.61 bits per heavy atom. The summed E-state index contributed by atoms with van der Waals surface area (Å²) >= 11 is 0. The van der Waals surface area contributed by atoms with E-state index in [0.717, 1.165) is 16.9 Å². The maximum Gasteiger partial charge on any atom is 0.240 e. The van der Waals surface area contributed by atoms with Gasteiger partial charge in [-0.3, -0.25) is 4.79 Å². The van der Waals surface area contributed by atoms with Gasteiger partial charge in [-0.1, -0.05) is 24.3 Å². The second kappa shape index (κ2) is 9.71. The van der Waals surface area contributed by atoms with E-state index in [9.17, 15) is 13.2 Å². The summed E-state index contributed by atoms with van der Waals surface area (Å²) in [4.78, 5) is 12.4. The molecular formula is C21H28N2O4S. The van der Waals surface area contributed by atoms with Gasteiger partial charge in [-0.2, -0.15) is 0 Å². The van der Waals surface area contributed by atoms with Gasteiger partial charge in [-0.15, -0.1) is 0 Å². The highest BCUT2D eigenvalue weighted by Gasteiger charge is 2.17. The van der Waals surface area contributed by atoms with E-state index in [1.165, 1.54) is 0 Å². The van der Waals surface area contributed by atoms with E-state index in [-0.39, 0.29) is 29.8 Å². The lowest BCUT2D eigenvalue weighted by Gasteiger charge is -2.16. The van der Waals surface area contributed by atoms with E-state index in [0.29, 0.717) is 12.2 Å². The number of hydrogen-bond donors (Lipinski definition) is 2. The molecular weight excluding hydrogens is 376 g/mol. The Morgan fingerprint density at radius 1 is 1.14 bits per heavy atom. The molecule has 1 atom stereocenters. The number of sulfonamides is 1. The van der Waals surface area contributed by atoms with Gasteiger partial charge in [0.25, 0.3) is 0 Å². The Balaban J connectivity index is 1.90. The summed E-state index contributed by atoms with van der Waals surface area (Å²) in [5.41, 5.74) is 2.47. The van der Waals surface area contributed by atoms with Crippen molar-refractivity contribution in [2.24, 2.45) is 0 Å². The molecule has 1 unspecified atom stereocenters. The van der Waals surface area contributed by atoms with Crippen molar-refractivity contribution in [1.82, 2.24) is 10.0 Å². The number of ether oxygens (including phenoxy) is 1. The number of amides is 1. The van der Waals surface area contributed by atoms with Gasteiger partial charge in [0.05, 0.1) is 17.5 Å². The fraction of sp³-hybridized carbons (Fsp3) is 0.381. The molecule has 0 aliphatic rings. The molecule has 2 N–H and O–H groups in total. The van der Waals surface area contributed by atoms with Crippen LogP contribution in [0.1, 0.15) is 43.0 Å². The van der Waals surface area contributed by atoms with Gasteiger partial charge in [-0.05, 0) is 62.6 Å². The van der Waals surface area contributed by atoms with Crippen molar-refractivity contribution in [1.29, 1.82) is 0 Å². The van der Waals surface area contributed by atoms with Crippen LogP contribution in [-0.4, -0.2) is 27.5 Å². The second-order valence-corrected chi connectivity index (χ2v) is 8.45. The Hall–Kier alpha value is -2.38. The van der Waals surface area contributed by atoms with E-state index in [2.05, 4.69) is 10.0 Å². The third kappa shape index (κ3) is 6.07. The van der Waals surface area contributed by atoms with Crippen LogP contribution in [0.25, 0.3) is 0 Å². The van der Waals surface area contributed by atoms with Crippen LogP contribution in [0.5, 0.6) is 5.75 Å². The number of hydrogen-bond acceptors (Lipinski definition) is 4. The highest BCUT2D eigenvalue weighted by Crippen LogP contribution is 2.19. The summed E-state index contributed by atoms with van der Waals surface area (Å²) in [5.74, 6) is 0.528. The van der Waals surface area contributed by atoms with Crippen molar-refractivity contribution in [3.05, 3.63) is 59.2 Å². The lowest BCUT2D eigenvalue weighted by atomic mass is 10.1. The fourth-order valence-electron chi connectivity index (χ4n) is 2.81. The number of nitrogens with one attached hydrogen (secondary N) is 2. The van der Waals surface area contributed by atoms with Crippen LogP contribution >= 0.6 is 0 Å². The minimum atomic E-state index is -3.65. The maximum atomic E-state index is 12.5. The Kier molecular flexibility index (Phi) is 7.60. The topological polar surface area (TPSA) is 84.5 Å². The molecule has 2 aromatic carbocycles. The Bertz CT molecular complexity index is 926. The summed E-state index contributed by atoms with van der Waals surface area (Å²) in [5, 5.41) is 2.88. The number of rotatable bonds is 9. The predicted octanol–water partition coefficient (Wildman–Crippen LogP) is 3.25. The number of aryl methyl sites for hydroxylation is 2. The van der Waals surface area contributed by atoms with Crippen LogP contribution in [0.4, 0.5) is 0 Å². The number of carbonyl (C=O) groups excluding carboxylic acids is 1. The zero-order valence-electron chi connectivity index (χ0n) is 16.8. The third-order valence-electron chi connectivity index (χ3n) is 4.32. The molecule has 2 aromatic rings. The van der Waals surface area contributed by atoms with Gasteiger partial charge in [0.1, 0.15) is 5.75 Å². The van der Waals surface area contributed by atoms with Crippen LogP contribution in [0.15, 0.2) is 47.4 Å². The quantitative estimate of drug-likeness (QED) is 0.672. The molecule has 6 nitrogen and oxygen atoms in total. The van der Waals surface area contributed by atoms with Crippen molar-refractivity contribution in [2.75, 3.05) is 13.2 Å². The molecule has 2 rings (SSSR count). The van der Waals surface area contributed by atoms with Crippen molar-refractivity contribution in [2.45, 2.75) is 45.1 Å². The number of carbonyl (C=O) groups is 1. The van der Waals surface area contributed by atoms with Gasteiger partial charge in [0.2, 0.25) is 15.9 Å². The predicted molar refractivity (Wildman–Crippen MR) is 110 cm³/mol. The molecule has 0 radical (unpaired) electrons. The first-order valence-electron chi connectivity index (χ1n) is 9.32. The van der Waals surface area contributed by atoms with Crippen molar-refractivity contribution in [3.63, 3.8) is 0 Å². The standard InChI is InChI=1S/C21H28N2O4S/c1-5-27-19-8-6-7-18(14-19)17(4)23-21(24)11-12-22-28(25,26)20-13-15(2)9-10-16(20)3/h6-10,13-14,17,22H,5,11-12H2,1-4H3,(H,23,24). The van der Waals surface area contributed by atoms with Crippen LogP contribution in [0.2, 0.25) is 0 Å². The molecule has 0 saturated carbocycles. The van der Waals surface area contributed by atoms with E-state index < -0.39 is 10.0 Å². The second-order valence-electron chi connectivity index (χ2n) is 6.71. The summed E-state index contributed by atoms with van der Waals surface area (Å²) in [6.45, 7) is 7.99. The van der Waals surface area contributed by atoms with Crippen LogP contribution < -0.4 is 14.8 Å². The third-order valence-corrected chi connectivity index (χ3v) is 5.93.